The molecule has 1 unspecified atom stereocenters. The van der Waals surface area contributed by atoms with Crippen molar-refractivity contribution in [3.05, 3.63) is 35.6 Å². The number of benzene rings is 1. The largest absolute Gasteiger partial charge is 0.368 e. The second kappa shape index (κ2) is 8.18. The molecule has 1 atom stereocenters. The number of rotatable bonds is 6. The summed E-state index contributed by atoms with van der Waals surface area (Å²) in [7, 11) is 1.39. The van der Waals surface area contributed by atoms with Crippen LogP contribution in [-0.4, -0.2) is 52.7 Å². The molecule has 0 bridgehead atoms. The fourth-order valence-electron chi connectivity index (χ4n) is 4.16. The van der Waals surface area contributed by atoms with E-state index in [0.717, 1.165) is 35.1 Å². The van der Waals surface area contributed by atoms with Crippen molar-refractivity contribution in [3.8, 4) is 0 Å². The molecular formula is C20H25FN4O4. The highest BCUT2D eigenvalue weighted by Gasteiger charge is 2.51. The number of primary amides is 1. The highest BCUT2D eigenvalue weighted by Crippen LogP contribution is 2.33. The van der Waals surface area contributed by atoms with Crippen LogP contribution in [0.25, 0.3) is 0 Å². The van der Waals surface area contributed by atoms with Gasteiger partial charge in [-0.15, -0.1) is 0 Å². The van der Waals surface area contributed by atoms with Gasteiger partial charge in [-0.05, 0) is 30.5 Å². The van der Waals surface area contributed by atoms with Crippen molar-refractivity contribution in [2.75, 3.05) is 13.6 Å². The van der Waals surface area contributed by atoms with Crippen LogP contribution < -0.4 is 11.1 Å². The van der Waals surface area contributed by atoms with Crippen molar-refractivity contribution in [2.24, 2.45) is 5.73 Å². The molecule has 2 aliphatic rings. The van der Waals surface area contributed by atoms with E-state index >= 15 is 0 Å². The zero-order chi connectivity index (χ0) is 21.2. The third-order valence-electron chi connectivity index (χ3n) is 5.72. The van der Waals surface area contributed by atoms with E-state index in [9.17, 15) is 23.6 Å². The van der Waals surface area contributed by atoms with E-state index in [0.29, 0.717) is 12.8 Å². The van der Waals surface area contributed by atoms with Gasteiger partial charge >= 0.3 is 6.03 Å². The predicted octanol–water partition coefficient (Wildman–Crippen LogP) is 1.46. The average Bonchev–Trinajstić information content (AvgIpc) is 2.89. The van der Waals surface area contributed by atoms with E-state index in [2.05, 4.69) is 5.32 Å². The van der Waals surface area contributed by atoms with Gasteiger partial charge in [-0.2, -0.15) is 0 Å². The number of nitrogens with one attached hydrogen (secondary N) is 1. The Morgan fingerprint density at radius 1 is 1.28 bits per heavy atom. The second-order valence-corrected chi connectivity index (χ2v) is 7.64. The monoisotopic (exact) mass is 404 g/mol. The van der Waals surface area contributed by atoms with Gasteiger partial charge in [0.1, 0.15) is 17.4 Å². The Morgan fingerprint density at radius 2 is 1.97 bits per heavy atom. The van der Waals surface area contributed by atoms with Crippen LogP contribution in [0.3, 0.4) is 0 Å². The highest BCUT2D eigenvalue weighted by atomic mass is 19.1. The molecule has 1 saturated heterocycles. The first kappa shape index (κ1) is 20.8. The summed E-state index contributed by atoms with van der Waals surface area (Å²) >= 11 is 0. The number of carbonyl (C=O) groups is 4. The molecule has 1 spiro atoms. The summed E-state index contributed by atoms with van der Waals surface area (Å²) in [6, 6.07) is 3.66. The van der Waals surface area contributed by atoms with E-state index in [4.69, 9.17) is 5.73 Å². The summed E-state index contributed by atoms with van der Waals surface area (Å²) in [4.78, 5) is 51.8. The van der Waals surface area contributed by atoms with Crippen LogP contribution in [0.2, 0.25) is 0 Å². The number of carbonyl (C=O) groups excluding carboxylic acids is 4. The summed E-state index contributed by atoms with van der Waals surface area (Å²) in [6.07, 6.45) is 3.81. The molecule has 1 aliphatic carbocycles. The smallest absolute Gasteiger partial charge is 0.325 e. The maximum absolute atomic E-state index is 13.5. The number of nitrogens with two attached hydrogens (primary N) is 1. The SMILES string of the molecule is CN(C(=O)CCN1C(=O)NC2(CCCCC2)C1=O)C(C(N)=O)c1cccc(F)c1. The molecule has 1 heterocycles. The zero-order valence-electron chi connectivity index (χ0n) is 16.3. The van der Waals surface area contributed by atoms with Gasteiger partial charge in [0.15, 0.2) is 0 Å². The maximum atomic E-state index is 13.5. The van der Waals surface area contributed by atoms with E-state index in [-0.39, 0.29) is 24.4 Å². The Balaban J connectivity index is 1.67. The van der Waals surface area contributed by atoms with Gasteiger partial charge in [-0.3, -0.25) is 19.3 Å². The van der Waals surface area contributed by atoms with Crippen molar-refractivity contribution in [1.82, 2.24) is 15.1 Å². The fraction of sp³-hybridized carbons (Fsp3) is 0.500. The van der Waals surface area contributed by atoms with Crippen molar-refractivity contribution in [1.29, 1.82) is 0 Å². The minimum atomic E-state index is -1.15. The molecule has 0 radical (unpaired) electrons. The molecule has 5 amide bonds. The van der Waals surface area contributed by atoms with Crippen LogP contribution in [0.5, 0.6) is 0 Å². The molecular weight excluding hydrogens is 379 g/mol. The molecule has 2 fully saturated rings. The van der Waals surface area contributed by atoms with Crippen molar-refractivity contribution in [3.63, 3.8) is 0 Å². The van der Waals surface area contributed by atoms with Crippen LogP contribution in [0.4, 0.5) is 9.18 Å². The fourth-order valence-corrected chi connectivity index (χ4v) is 4.16. The number of amides is 5. The number of imide groups is 1. The summed E-state index contributed by atoms with van der Waals surface area (Å²) < 4.78 is 13.5. The highest BCUT2D eigenvalue weighted by molar-refractivity contribution is 6.07. The summed E-state index contributed by atoms with van der Waals surface area (Å²) in [5.74, 6) is -2.13. The van der Waals surface area contributed by atoms with Gasteiger partial charge in [-0.1, -0.05) is 31.4 Å². The predicted molar refractivity (Wildman–Crippen MR) is 102 cm³/mol. The molecule has 1 aromatic carbocycles. The molecule has 3 rings (SSSR count). The number of likely N-dealkylation sites (N-methyl/N-ethyl adjacent to an activating group) is 1. The molecule has 29 heavy (non-hydrogen) atoms. The number of hydrogen-bond donors (Lipinski definition) is 2. The van der Waals surface area contributed by atoms with E-state index in [1.807, 2.05) is 0 Å². The lowest BCUT2D eigenvalue weighted by Gasteiger charge is -2.30. The van der Waals surface area contributed by atoms with Gasteiger partial charge in [0.25, 0.3) is 5.91 Å². The Bertz CT molecular complexity index is 838. The molecule has 8 nitrogen and oxygen atoms in total. The molecule has 156 valence electrons. The Kier molecular flexibility index (Phi) is 5.86. The second-order valence-electron chi connectivity index (χ2n) is 7.64. The van der Waals surface area contributed by atoms with Crippen molar-refractivity contribution in [2.45, 2.75) is 50.1 Å². The van der Waals surface area contributed by atoms with Gasteiger partial charge < -0.3 is 16.0 Å². The number of nitrogens with zero attached hydrogens (tertiary/aromatic N) is 2. The summed E-state index contributed by atoms with van der Waals surface area (Å²) in [5.41, 5.74) is 4.84. The van der Waals surface area contributed by atoms with Crippen LogP contribution >= 0.6 is 0 Å². The normalized spacial score (nSPS) is 19.2. The van der Waals surface area contributed by atoms with Gasteiger partial charge in [0.05, 0.1) is 0 Å². The third-order valence-corrected chi connectivity index (χ3v) is 5.72. The van der Waals surface area contributed by atoms with E-state index < -0.39 is 35.2 Å². The molecule has 3 N–H and O–H groups in total. The molecule has 9 heteroatoms. The Morgan fingerprint density at radius 3 is 2.59 bits per heavy atom. The van der Waals surface area contributed by atoms with Crippen molar-refractivity contribution < 1.29 is 23.6 Å². The first-order chi connectivity index (χ1) is 13.7. The molecule has 0 aromatic heterocycles. The lowest BCUT2D eigenvalue weighted by Crippen LogP contribution is -2.48. The molecule has 1 saturated carbocycles. The third kappa shape index (κ3) is 4.08. The van der Waals surface area contributed by atoms with Crippen LogP contribution in [0.1, 0.15) is 50.1 Å². The standard InChI is InChI=1S/C20H25FN4O4/c1-24(16(17(22)27)13-6-5-7-14(21)12-13)15(26)8-11-25-18(28)20(23-19(25)29)9-3-2-4-10-20/h5-7,12,16H,2-4,8-11H2,1H3,(H2,22,27)(H,23,29). The lowest BCUT2D eigenvalue weighted by molar-refractivity contribution is -0.139. The molecule has 1 aromatic rings. The van der Waals surface area contributed by atoms with Gasteiger partial charge in [-0.25, -0.2) is 9.18 Å². The Labute approximate surface area is 168 Å². The number of urea groups is 1. The molecule has 1 aliphatic heterocycles. The lowest BCUT2D eigenvalue weighted by atomic mass is 9.82. The Hall–Kier alpha value is -2.97. The van der Waals surface area contributed by atoms with E-state index in [1.54, 1.807) is 0 Å². The number of hydrogen-bond acceptors (Lipinski definition) is 4. The van der Waals surface area contributed by atoms with Crippen molar-refractivity contribution >= 4 is 23.8 Å². The summed E-state index contributed by atoms with van der Waals surface area (Å²) in [5, 5.41) is 2.79. The first-order valence-electron chi connectivity index (χ1n) is 9.70. The van der Waals surface area contributed by atoms with Gasteiger partial charge in [0.2, 0.25) is 11.8 Å². The minimum absolute atomic E-state index is 0.0930. The van der Waals surface area contributed by atoms with Gasteiger partial charge in [0, 0.05) is 20.0 Å². The minimum Gasteiger partial charge on any atom is -0.368 e. The number of halogens is 1. The quantitative estimate of drug-likeness (QED) is 0.699. The van der Waals surface area contributed by atoms with Crippen LogP contribution in [0.15, 0.2) is 24.3 Å². The average molecular weight is 404 g/mol. The maximum Gasteiger partial charge on any atom is 0.325 e. The first-order valence-corrected chi connectivity index (χ1v) is 9.70. The van der Waals surface area contributed by atoms with Crippen LogP contribution in [-0.2, 0) is 14.4 Å². The van der Waals surface area contributed by atoms with Crippen LogP contribution in [0, 0.1) is 5.82 Å². The van der Waals surface area contributed by atoms with E-state index in [1.165, 1.54) is 25.2 Å². The summed E-state index contributed by atoms with van der Waals surface area (Å²) in [6.45, 7) is -0.0930. The zero-order valence-corrected chi connectivity index (χ0v) is 16.3. The topological polar surface area (TPSA) is 113 Å².